The number of likely N-dealkylation sites (tertiary alicyclic amines) is 1. The maximum atomic E-state index is 6.53. The molecule has 0 amide bonds. The Bertz CT molecular complexity index is 1870. The summed E-state index contributed by atoms with van der Waals surface area (Å²) in [6, 6.07) is 14.4. The number of fused-ring (bicyclic) bond motifs is 2. The van der Waals surface area contributed by atoms with Gasteiger partial charge >= 0.3 is 0 Å². The summed E-state index contributed by atoms with van der Waals surface area (Å²) >= 11 is 0. The second kappa shape index (κ2) is 19.8. The summed E-state index contributed by atoms with van der Waals surface area (Å²) in [6.45, 7) is 28.9. The normalized spacial score (nSPS) is 19.7. The molecule has 1 radical (unpaired) electrons. The zero-order chi connectivity index (χ0) is 40.8. The Hall–Kier alpha value is -3.73. The molecule has 3 aromatic rings. The Balaban J connectivity index is 0.000000772. The number of ether oxygens (including phenoxy) is 2. The lowest BCUT2D eigenvalue weighted by Gasteiger charge is -2.31. The highest BCUT2D eigenvalue weighted by atomic mass is 16.7. The van der Waals surface area contributed by atoms with E-state index in [0.717, 1.165) is 49.6 Å². The third-order valence-electron chi connectivity index (χ3n) is 10.1. The Labute approximate surface area is 347 Å². The lowest BCUT2D eigenvalue weighted by atomic mass is 9.86. The van der Waals surface area contributed by atoms with Gasteiger partial charge in [-0.2, -0.15) is 5.06 Å². The van der Waals surface area contributed by atoms with E-state index in [0.29, 0.717) is 24.6 Å². The highest BCUT2D eigenvalue weighted by molar-refractivity contribution is 6.04. The molecule has 2 fully saturated rings. The number of amidine groups is 1. The maximum Gasteiger partial charge on any atom is 0.128 e. The molecule has 8 rings (SSSR count). The van der Waals surface area contributed by atoms with Crippen LogP contribution in [0.15, 0.2) is 60.2 Å². The molecule has 0 saturated carbocycles. The molecular weight excluding hydrogens is 711 g/mol. The number of nitrogens with one attached hydrogen (secondary N) is 2. The number of allylic oxidation sites excluding steroid dienone is 2. The van der Waals surface area contributed by atoms with Crippen LogP contribution in [-0.2, 0) is 29.1 Å². The van der Waals surface area contributed by atoms with Gasteiger partial charge in [0.2, 0.25) is 0 Å². The lowest BCUT2D eigenvalue weighted by molar-refractivity contribution is -0.226. The number of methoxy groups -OCH3 is 1. The first-order valence-electron chi connectivity index (χ1n) is 21.0. The summed E-state index contributed by atoms with van der Waals surface area (Å²) in [5.41, 5.74) is 13.1. The predicted octanol–water partition coefficient (Wildman–Crippen LogP) is 10.8. The number of nitrogens with zero attached hydrogens (tertiary/aromatic N) is 3. The van der Waals surface area contributed by atoms with E-state index in [1.165, 1.54) is 75.6 Å². The van der Waals surface area contributed by atoms with E-state index >= 15 is 0 Å². The minimum Gasteiger partial charge on any atom is -0.488 e. The zero-order valence-corrected chi connectivity index (χ0v) is 37.1. The van der Waals surface area contributed by atoms with Gasteiger partial charge in [-0.1, -0.05) is 60.3 Å². The van der Waals surface area contributed by atoms with Crippen molar-refractivity contribution in [1.82, 2.24) is 20.3 Å². The number of rotatable bonds is 8. The molecule has 57 heavy (non-hydrogen) atoms. The Morgan fingerprint density at radius 3 is 2.35 bits per heavy atom. The van der Waals surface area contributed by atoms with Crippen molar-refractivity contribution in [3.05, 3.63) is 89.1 Å². The second-order valence-corrected chi connectivity index (χ2v) is 17.8. The smallest absolute Gasteiger partial charge is 0.128 e. The fraction of sp³-hybridized carbons (Fsp3) is 0.542. The van der Waals surface area contributed by atoms with Crippen molar-refractivity contribution < 1.29 is 22.6 Å². The number of benzene rings is 2. The van der Waals surface area contributed by atoms with Crippen molar-refractivity contribution in [1.29, 1.82) is 0 Å². The molecule has 4 N–H and O–H groups in total. The van der Waals surface area contributed by atoms with Crippen molar-refractivity contribution in [2.45, 2.75) is 132 Å². The predicted molar refractivity (Wildman–Crippen MR) is 242 cm³/mol. The largest absolute Gasteiger partial charge is 0.488 e. The third kappa shape index (κ3) is 11.7. The molecule has 9 heteroatoms. The van der Waals surface area contributed by atoms with Crippen molar-refractivity contribution in [2.75, 3.05) is 33.9 Å². The molecule has 9 nitrogen and oxygen atoms in total. The average molecular weight is 787 g/mol. The van der Waals surface area contributed by atoms with Crippen LogP contribution in [-0.4, -0.2) is 71.8 Å². The van der Waals surface area contributed by atoms with E-state index in [1.807, 2.05) is 20.8 Å². The average Bonchev–Trinajstić information content (AvgIpc) is 3.42. The van der Waals surface area contributed by atoms with E-state index in [9.17, 15) is 0 Å². The van der Waals surface area contributed by atoms with Gasteiger partial charge in [0.25, 0.3) is 0 Å². The quantitative estimate of drug-likeness (QED) is 0.174. The Kier molecular flexibility index (Phi) is 16.0. The molecule has 0 spiro atoms. The molecule has 317 valence electrons. The fourth-order valence-corrected chi connectivity index (χ4v) is 7.82. The van der Waals surface area contributed by atoms with Crippen LogP contribution in [0.5, 0.6) is 5.75 Å². The van der Waals surface area contributed by atoms with Crippen LogP contribution in [0.2, 0.25) is 0 Å². The van der Waals surface area contributed by atoms with Crippen LogP contribution in [0.25, 0.3) is 28.0 Å². The van der Waals surface area contributed by atoms with Gasteiger partial charge in [-0.25, -0.2) is 0 Å². The summed E-state index contributed by atoms with van der Waals surface area (Å²) < 4.78 is 11.1. The first kappa shape index (κ1) is 46.0. The molecule has 2 aliphatic carbocycles. The van der Waals surface area contributed by atoms with Crippen LogP contribution in [0.3, 0.4) is 0 Å². The van der Waals surface area contributed by atoms with Gasteiger partial charge in [-0.3, -0.25) is 14.7 Å². The van der Waals surface area contributed by atoms with Crippen LogP contribution < -0.4 is 10.1 Å². The lowest BCUT2D eigenvalue weighted by Crippen LogP contribution is -2.45. The van der Waals surface area contributed by atoms with Crippen LogP contribution in [0.1, 0.15) is 132 Å². The maximum absolute atomic E-state index is 6.53. The number of aromatic amines is 1. The fourth-order valence-electron chi connectivity index (χ4n) is 7.82. The Morgan fingerprint density at radius 2 is 1.72 bits per heavy atom. The number of aromatic nitrogens is 1. The highest BCUT2D eigenvalue weighted by Crippen LogP contribution is 2.56. The molecule has 5 aliphatic rings. The van der Waals surface area contributed by atoms with Crippen molar-refractivity contribution >= 4 is 11.4 Å². The van der Waals surface area contributed by atoms with Gasteiger partial charge in [0.15, 0.2) is 0 Å². The molecule has 0 unspecified atom stereocenters. The number of hydroxylamine groups is 2. The monoisotopic (exact) mass is 787 g/mol. The Morgan fingerprint density at radius 1 is 1.02 bits per heavy atom. The van der Waals surface area contributed by atoms with Gasteiger partial charge in [-0.05, 0) is 154 Å². The van der Waals surface area contributed by atoms with Gasteiger partial charge < -0.3 is 25.3 Å². The summed E-state index contributed by atoms with van der Waals surface area (Å²) in [7, 11) is 3.91. The van der Waals surface area contributed by atoms with Crippen molar-refractivity contribution in [3.63, 3.8) is 0 Å². The van der Waals surface area contributed by atoms with Gasteiger partial charge in [0.1, 0.15) is 18.2 Å². The number of hydrogen-bond acceptors (Lipinski definition) is 6. The number of aliphatic imine (C=N–C) groups is 1. The molecule has 2 saturated heterocycles. The summed E-state index contributed by atoms with van der Waals surface area (Å²) in [4.78, 5) is 17.6. The van der Waals surface area contributed by atoms with Gasteiger partial charge in [0, 0.05) is 52.0 Å². The SMILES string of the molecule is C=CNC(=NCc1cc2c3c(c1)OCc1cc(-c4ccc([C@@H]5CCCN5C)[nH]4)cc(c1-3)C1=C[C]1C2)[C@@H]1CCCN1OC(C)(C)C.CC.CC(C)(C)C.CCOC.O.[HH].[HH]. The number of H-pyrrole nitrogens is 1. The van der Waals surface area contributed by atoms with E-state index in [2.05, 4.69) is 130 Å². The third-order valence-corrected chi connectivity index (χ3v) is 10.1. The molecule has 2 aromatic carbocycles. The molecular formula is C48H76N5O4. The topological polar surface area (TPSA) is 106 Å². The summed E-state index contributed by atoms with van der Waals surface area (Å²) in [5.74, 6) is 3.32. The van der Waals surface area contributed by atoms with Crippen molar-refractivity contribution in [2.24, 2.45) is 10.4 Å². The van der Waals surface area contributed by atoms with E-state index in [1.54, 1.807) is 13.3 Å². The van der Waals surface area contributed by atoms with Gasteiger partial charge in [0.05, 0.1) is 18.2 Å². The van der Waals surface area contributed by atoms with E-state index in [4.69, 9.17) is 14.6 Å². The van der Waals surface area contributed by atoms with Crippen LogP contribution in [0.4, 0.5) is 0 Å². The summed E-state index contributed by atoms with van der Waals surface area (Å²) in [6.07, 6.45) is 9.58. The summed E-state index contributed by atoms with van der Waals surface area (Å²) in [5, 5.41) is 5.42. The molecule has 1 aromatic heterocycles. The van der Waals surface area contributed by atoms with Crippen molar-refractivity contribution in [3.8, 4) is 28.1 Å². The molecule has 2 atom stereocenters. The highest BCUT2D eigenvalue weighted by Gasteiger charge is 2.38. The van der Waals surface area contributed by atoms with E-state index in [-0.39, 0.29) is 20.0 Å². The zero-order valence-electron chi connectivity index (χ0n) is 37.1. The standard InChI is InChI=1S/C38H44N5O2.C5H12.C3H8O.C2H6.H2O.2H2/c1-6-39-37(33-10-8-14-43(33)45-38(2,3)4)40-21-23-15-26-17-24-19-28(24)29-20-25(18-27-22-44-34(16-23)36(26)35(27)29)30-11-12-31(41-30)32-9-7-13-42(32)5;1-5(2,3)4;1-3-4-2;1-2;;;/h6,11-12,15-16,18-20,32-33,41H,1,7-10,13-14,17,21-22H2,2-5H3,(H,39,40);1-4H3;3H2,1-2H3;1-2H3;1H2;2*1H/t32-,33-;;;;;;/m0....../s1. The molecule has 4 heterocycles. The molecule has 0 bridgehead atoms. The second-order valence-electron chi connectivity index (χ2n) is 17.8. The van der Waals surface area contributed by atoms with E-state index < -0.39 is 0 Å². The molecule has 3 aliphatic heterocycles. The minimum absolute atomic E-state index is 0. The minimum atomic E-state index is -0.251. The first-order chi connectivity index (χ1) is 26.7. The first-order valence-corrected chi connectivity index (χ1v) is 21.0. The van der Waals surface area contributed by atoms with Gasteiger partial charge in [-0.15, -0.1) is 0 Å². The number of hydrogen-bond donors (Lipinski definition) is 2. The van der Waals surface area contributed by atoms with Crippen LogP contribution >= 0.6 is 0 Å². The van der Waals surface area contributed by atoms with Crippen LogP contribution in [0, 0.1) is 11.3 Å².